The van der Waals surface area contributed by atoms with Gasteiger partial charge in [0.05, 0.1) is 46.2 Å². The molecule has 0 unspecified atom stereocenters. The monoisotopic (exact) mass is 920 g/mol. The molecule has 0 saturated carbocycles. The Morgan fingerprint density at radius 3 is 1.81 bits per heavy atom. The van der Waals surface area contributed by atoms with E-state index >= 15 is 0 Å². The zero-order valence-corrected chi connectivity index (χ0v) is 35.1. The first-order valence-corrected chi connectivity index (χ1v) is 20.6. The fourth-order valence-corrected chi connectivity index (χ4v) is 5.75. The number of ether oxygens (including phenoxy) is 1. The fraction of sp³-hybridized carbons (Fsp3) is 0.205. The van der Waals surface area contributed by atoms with Crippen molar-refractivity contribution in [2.45, 2.75) is 26.2 Å². The molecule has 334 valence electrons. The summed E-state index contributed by atoms with van der Waals surface area (Å²) in [5.41, 5.74) is 2.87. The summed E-state index contributed by atoms with van der Waals surface area (Å²) in [6.07, 6.45) is 0.482. The molecule has 0 spiro atoms. The molecule has 5 rings (SSSR count). The number of anilines is 1. The van der Waals surface area contributed by atoms with Crippen LogP contribution in [0.25, 0.3) is 0 Å². The Hall–Kier alpha value is -7.99. The molecule has 0 amide bonds. The molecule has 1 aromatic heterocycles. The quantitative estimate of drug-likeness (QED) is 0.0499. The molecule has 0 aliphatic rings. The summed E-state index contributed by atoms with van der Waals surface area (Å²) in [5, 5.41) is 45.1. The third-order valence-electron chi connectivity index (χ3n) is 7.98. The minimum atomic E-state index is -4.26. The molecule has 0 bridgehead atoms. The van der Waals surface area contributed by atoms with E-state index in [1.807, 2.05) is 42.5 Å². The normalized spacial score (nSPS) is 10.8. The molecule has 0 aliphatic carbocycles. The molecular formula is C39H36N8O15S2. The number of aromatic carboxylic acids is 2. The summed E-state index contributed by atoms with van der Waals surface area (Å²) in [7, 11) is -5.84. The number of hydrogen-bond donors (Lipinski definition) is 4. The highest BCUT2D eigenvalue weighted by atomic mass is 32.2. The van der Waals surface area contributed by atoms with Gasteiger partial charge in [-0.25, -0.2) is 14.6 Å². The Morgan fingerprint density at radius 1 is 0.750 bits per heavy atom. The van der Waals surface area contributed by atoms with Crippen molar-refractivity contribution in [1.29, 1.82) is 0 Å². The van der Waals surface area contributed by atoms with Crippen molar-refractivity contribution < 1.29 is 69.6 Å². The molecule has 23 nitrogen and oxygen atoms in total. The second-order valence-electron chi connectivity index (χ2n) is 12.9. The van der Waals surface area contributed by atoms with E-state index in [0.29, 0.717) is 28.3 Å². The summed E-state index contributed by atoms with van der Waals surface area (Å²) in [6, 6.07) is 23.1. The average Bonchev–Trinajstić information content (AvgIpc) is 3.22. The number of carbonyl (C=O) groups is 3. The third kappa shape index (κ3) is 17.9. The Morgan fingerprint density at radius 2 is 1.28 bits per heavy atom. The predicted octanol–water partition coefficient (Wildman–Crippen LogP) is 5.18. The van der Waals surface area contributed by atoms with Crippen LogP contribution < -0.4 is 9.64 Å². The lowest BCUT2D eigenvalue weighted by atomic mass is 10.0. The number of aryl methyl sites for hydroxylation is 1. The zero-order valence-electron chi connectivity index (χ0n) is 33.5. The van der Waals surface area contributed by atoms with Crippen molar-refractivity contribution in [3.8, 4) is 5.75 Å². The van der Waals surface area contributed by atoms with Crippen LogP contribution >= 0.6 is 0 Å². The van der Waals surface area contributed by atoms with Crippen LogP contribution in [0, 0.1) is 6.92 Å². The number of rotatable bonds is 18. The standard InChI is InChI=1S/C38H36N8O10S.CO2.O3S/c1-23-15-25(32(56-13-6-14-57(53,54)55)21-31(23)45-44-30-18-26(36(49)50)17-27(19-30)37(51)52)20-34-39-33(40-38(41-34)46(2)22-35(47)48)16-24-9-11-29(12-10-24)43-42-28-7-4-3-5-8-28;2-1-3;1-4(2)3/h3-5,7-12,15,17-19,21H,6,13-14,16,20,22H2,1-2H3,(H,47,48)(H,49,50)(H,51,52)(H,53,54,55);;. The molecule has 4 N–H and O–H groups in total. The van der Waals surface area contributed by atoms with Crippen molar-refractivity contribution in [2.75, 3.05) is 30.9 Å². The van der Waals surface area contributed by atoms with Gasteiger partial charge in [0.1, 0.15) is 23.9 Å². The van der Waals surface area contributed by atoms with Crippen molar-refractivity contribution in [1.82, 2.24) is 15.0 Å². The predicted molar refractivity (Wildman–Crippen MR) is 220 cm³/mol. The second-order valence-corrected chi connectivity index (χ2v) is 14.9. The molecule has 64 heavy (non-hydrogen) atoms. The number of azo groups is 2. The van der Waals surface area contributed by atoms with E-state index in [0.717, 1.165) is 23.8 Å². The van der Waals surface area contributed by atoms with Crippen LogP contribution in [0.5, 0.6) is 5.75 Å². The Kier molecular flexibility index (Phi) is 19.2. The minimum Gasteiger partial charge on any atom is -0.493 e. The summed E-state index contributed by atoms with van der Waals surface area (Å²) in [4.78, 5) is 66.1. The Bertz CT molecular complexity index is 2750. The molecule has 1 heterocycles. The molecule has 0 saturated heterocycles. The number of nitrogens with zero attached hydrogens (tertiary/aromatic N) is 8. The van der Waals surface area contributed by atoms with Crippen LogP contribution in [0.3, 0.4) is 0 Å². The van der Waals surface area contributed by atoms with Gasteiger partial charge in [-0.1, -0.05) is 30.3 Å². The first-order chi connectivity index (χ1) is 30.3. The van der Waals surface area contributed by atoms with Crippen molar-refractivity contribution in [3.63, 3.8) is 0 Å². The lowest BCUT2D eigenvalue weighted by Gasteiger charge is -2.17. The van der Waals surface area contributed by atoms with Gasteiger partial charge in [-0.15, -0.1) is 12.6 Å². The Labute approximate surface area is 364 Å². The topological polar surface area (TPSA) is 352 Å². The van der Waals surface area contributed by atoms with Gasteiger partial charge in [-0.2, -0.15) is 48.4 Å². The van der Waals surface area contributed by atoms with Gasteiger partial charge >= 0.3 is 34.7 Å². The summed E-state index contributed by atoms with van der Waals surface area (Å²) >= 11 is 0. The smallest absolute Gasteiger partial charge is 0.425 e. The number of hydrogen-bond acceptors (Lipinski definition) is 19. The van der Waals surface area contributed by atoms with Gasteiger partial charge in [-0.05, 0) is 73.0 Å². The van der Waals surface area contributed by atoms with E-state index in [1.165, 1.54) is 18.0 Å². The van der Waals surface area contributed by atoms with Crippen molar-refractivity contribution in [2.24, 2.45) is 20.5 Å². The largest absolute Gasteiger partial charge is 0.493 e. The first-order valence-electron chi connectivity index (χ1n) is 18.0. The maximum Gasteiger partial charge on any atom is 0.425 e. The lowest BCUT2D eigenvalue weighted by molar-refractivity contribution is -0.191. The van der Waals surface area contributed by atoms with E-state index < -0.39 is 50.9 Å². The Balaban J connectivity index is 0.00000145. The molecule has 0 radical (unpaired) electrons. The second kappa shape index (κ2) is 24.5. The molecule has 5 aromatic rings. The highest BCUT2D eigenvalue weighted by molar-refractivity contribution is 7.85. The van der Waals surface area contributed by atoms with Crippen LogP contribution in [-0.4, -0.2) is 106 Å². The average molecular weight is 921 g/mol. The third-order valence-corrected chi connectivity index (χ3v) is 8.79. The van der Waals surface area contributed by atoms with Gasteiger partial charge < -0.3 is 25.0 Å². The zero-order chi connectivity index (χ0) is 47.4. The van der Waals surface area contributed by atoms with E-state index in [4.69, 9.17) is 27.0 Å². The summed E-state index contributed by atoms with van der Waals surface area (Å²) in [6.45, 7) is 1.18. The van der Waals surface area contributed by atoms with E-state index in [9.17, 15) is 42.7 Å². The number of carboxylic acids is 3. The van der Waals surface area contributed by atoms with Gasteiger partial charge in [0.15, 0.2) is 0 Å². The number of likely N-dealkylation sites (N-methyl/N-ethyl adjacent to an activating group) is 1. The van der Waals surface area contributed by atoms with Gasteiger partial charge in [0.25, 0.3) is 10.1 Å². The lowest BCUT2D eigenvalue weighted by Crippen LogP contribution is -2.28. The minimum absolute atomic E-state index is 0.0339. The van der Waals surface area contributed by atoms with Crippen LogP contribution in [-0.2, 0) is 48.0 Å². The highest BCUT2D eigenvalue weighted by Gasteiger charge is 2.18. The highest BCUT2D eigenvalue weighted by Crippen LogP contribution is 2.33. The molecule has 0 atom stereocenters. The molecule has 0 aliphatic heterocycles. The van der Waals surface area contributed by atoms with Gasteiger partial charge in [0.2, 0.25) is 5.95 Å². The molecule has 4 aromatic carbocycles. The van der Waals surface area contributed by atoms with Crippen molar-refractivity contribution in [3.05, 3.63) is 124 Å². The molecule has 0 fully saturated rings. The van der Waals surface area contributed by atoms with Crippen LogP contribution in [0.1, 0.15) is 55.5 Å². The summed E-state index contributed by atoms with van der Waals surface area (Å²) in [5.74, 6) is -3.44. The summed E-state index contributed by atoms with van der Waals surface area (Å²) < 4.78 is 63.2. The number of carbonyl (C=O) groups excluding carboxylic acids is 2. The van der Waals surface area contributed by atoms with Crippen LogP contribution in [0.15, 0.2) is 105 Å². The number of aromatic nitrogens is 3. The maximum atomic E-state index is 11.6. The maximum absolute atomic E-state index is 11.6. The van der Waals surface area contributed by atoms with E-state index in [1.54, 1.807) is 25.1 Å². The first kappa shape index (κ1) is 50.4. The fourth-order valence-electron chi connectivity index (χ4n) is 5.27. The number of carboxylic acid groups (broad SMARTS) is 3. The van der Waals surface area contributed by atoms with Crippen molar-refractivity contribution >= 4 is 73.5 Å². The van der Waals surface area contributed by atoms with E-state index in [2.05, 4.69) is 35.4 Å². The van der Waals surface area contributed by atoms with Gasteiger partial charge in [0, 0.05) is 31.5 Å². The van der Waals surface area contributed by atoms with Crippen LogP contribution in [0.2, 0.25) is 0 Å². The molecule has 25 heteroatoms. The van der Waals surface area contributed by atoms with Crippen LogP contribution in [0.4, 0.5) is 28.7 Å². The number of benzene rings is 4. The molecular weight excluding hydrogens is 885 g/mol. The van der Waals surface area contributed by atoms with Gasteiger partial charge in [-0.3, -0.25) is 9.35 Å². The SMILES string of the molecule is Cc1cc(Cc2nc(Cc3ccc(N=Nc4ccccc4)cc3)nc(N(C)CC(=O)O)n2)c(OCCCS(=O)(=O)O)cc1N=Nc1cc(C(=O)O)cc(C(=O)O)c1.O=C=O.O=S(=O)=O. The van der Waals surface area contributed by atoms with E-state index in [-0.39, 0.29) is 72.0 Å². The number of aliphatic carboxylic acids is 1.